The van der Waals surface area contributed by atoms with Crippen molar-refractivity contribution in [2.24, 2.45) is 0 Å². The average molecular weight is 328 g/mol. The number of thiophene rings is 1. The van der Waals surface area contributed by atoms with Crippen LogP contribution >= 0.6 is 11.3 Å². The van der Waals surface area contributed by atoms with Crippen molar-refractivity contribution in [2.45, 2.75) is 38.3 Å². The summed E-state index contributed by atoms with van der Waals surface area (Å²) in [6, 6.07) is 9.29. The summed E-state index contributed by atoms with van der Waals surface area (Å²) in [6.07, 6.45) is 2.94. The van der Waals surface area contributed by atoms with Gasteiger partial charge in [-0.1, -0.05) is 0 Å². The Labute approximate surface area is 139 Å². The third kappa shape index (κ3) is 4.42. The molecule has 1 aliphatic carbocycles. The quantitative estimate of drug-likeness (QED) is 0.856. The first-order valence-corrected chi connectivity index (χ1v) is 8.79. The number of carbonyl (C=O) groups is 2. The van der Waals surface area contributed by atoms with Crippen molar-refractivity contribution in [1.29, 1.82) is 0 Å². The lowest BCUT2D eigenvalue weighted by atomic mass is 10.1. The highest BCUT2D eigenvalue weighted by atomic mass is 32.1. The molecule has 0 aliphatic heterocycles. The number of benzene rings is 1. The van der Waals surface area contributed by atoms with E-state index in [4.69, 9.17) is 0 Å². The van der Waals surface area contributed by atoms with E-state index in [9.17, 15) is 9.59 Å². The fraction of sp³-hybridized carbons (Fsp3) is 0.333. The minimum absolute atomic E-state index is 0.0646. The average Bonchev–Trinajstić information content (AvgIpc) is 3.21. The van der Waals surface area contributed by atoms with Gasteiger partial charge in [-0.05, 0) is 72.8 Å². The maximum Gasteiger partial charge on any atom is 0.251 e. The molecule has 2 aromatic rings. The number of rotatable bonds is 6. The Bertz CT molecular complexity index is 676. The highest BCUT2D eigenvalue weighted by molar-refractivity contribution is 7.07. The van der Waals surface area contributed by atoms with Crippen LogP contribution in [0.2, 0.25) is 0 Å². The number of carbonyl (C=O) groups excluding carboxylic acids is 2. The number of hydrogen-bond acceptors (Lipinski definition) is 3. The molecule has 2 amide bonds. The van der Waals surface area contributed by atoms with Gasteiger partial charge in [-0.15, -0.1) is 0 Å². The topological polar surface area (TPSA) is 58.2 Å². The van der Waals surface area contributed by atoms with Crippen LogP contribution in [0.4, 0.5) is 0 Å². The maximum atomic E-state index is 12.2. The normalized spacial score (nSPS) is 15.0. The fourth-order valence-corrected chi connectivity index (χ4v) is 3.07. The third-order valence-corrected chi connectivity index (χ3v) is 4.55. The van der Waals surface area contributed by atoms with Crippen LogP contribution in [0.1, 0.15) is 46.0 Å². The van der Waals surface area contributed by atoms with Gasteiger partial charge >= 0.3 is 0 Å². The molecule has 5 heteroatoms. The minimum atomic E-state index is -0.109. The highest BCUT2D eigenvalue weighted by Crippen LogP contribution is 2.19. The molecule has 1 aromatic carbocycles. The molecule has 0 spiro atoms. The Balaban J connectivity index is 1.55. The fourth-order valence-electron chi connectivity index (χ4n) is 2.39. The molecule has 1 saturated carbocycles. The number of nitrogens with one attached hydrogen (secondary N) is 2. The van der Waals surface area contributed by atoms with Gasteiger partial charge < -0.3 is 10.6 Å². The van der Waals surface area contributed by atoms with E-state index in [2.05, 4.69) is 22.1 Å². The predicted molar refractivity (Wildman–Crippen MR) is 91.9 cm³/mol. The lowest BCUT2D eigenvalue weighted by Gasteiger charge is -2.13. The number of hydrogen-bond donors (Lipinski definition) is 2. The Morgan fingerprint density at radius 1 is 1.13 bits per heavy atom. The van der Waals surface area contributed by atoms with Crippen molar-refractivity contribution >= 4 is 23.2 Å². The van der Waals surface area contributed by atoms with E-state index < -0.39 is 0 Å². The smallest absolute Gasteiger partial charge is 0.251 e. The van der Waals surface area contributed by atoms with Gasteiger partial charge in [0.25, 0.3) is 11.8 Å². The summed E-state index contributed by atoms with van der Waals surface area (Å²) in [4.78, 5) is 24.2. The van der Waals surface area contributed by atoms with Crippen molar-refractivity contribution in [1.82, 2.24) is 10.6 Å². The molecule has 0 saturated heterocycles. The Morgan fingerprint density at radius 3 is 2.35 bits per heavy atom. The molecular formula is C18H20N2O2S. The van der Waals surface area contributed by atoms with Crippen LogP contribution in [0.15, 0.2) is 41.1 Å². The molecule has 120 valence electrons. The standard InChI is InChI=1S/C18H20N2O2S/c1-12(10-13-8-9-23-11-13)19-17(21)14-2-4-15(5-3-14)18(22)20-16-6-7-16/h2-5,8-9,11-12,16H,6-7,10H2,1H3,(H,19,21)(H,20,22)/t12-/m1/s1. The third-order valence-electron chi connectivity index (χ3n) is 3.82. The van der Waals surface area contributed by atoms with E-state index in [-0.39, 0.29) is 17.9 Å². The lowest BCUT2D eigenvalue weighted by molar-refractivity contribution is 0.0932. The molecule has 3 rings (SSSR count). The van der Waals surface area contributed by atoms with Gasteiger partial charge in [0, 0.05) is 23.2 Å². The molecule has 0 bridgehead atoms. The van der Waals surface area contributed by atoms with Crippen molar-refractivity contribution < 1.29 is 9.59 Å². The van der Waals surface area contributed by atoms with Gasteiger partial charge in [-0.3, -0.25) is 9.59 Å². The lowest BCUT2D eigenvalue weighted by Crippen LogP contribution is -2.34. The summed E-state index contributed by atoms with van der Waals surface area (Å²) in [6.45, 7) is 1.99. The Kier molecular flexibility index (Phi) is 4.76. The Hall–Kier alpha value is -2.14. The molecule has 1 aromatic heterocycles. The van der Waals surface area contributed by atoms with Crippen LogP contribution < -0.4 is 10.6 Å². The first-order chi connectivity index (χ1) is 11.1. The highest BCUT2D eigenvalue weighted by Gasteiger charge is 2.23. The molecule has 4 nitrogen and oxygen atoms in total. The zero-order chi connectivity index (χ0) is 16.2. The van der Waals surface area contributed by atoms with E-state index in [1.54, 1.807) is 35.6 Å². The van der Waals surface area contributed by atoms with Gasteiger partial charge in [0.1, 0.15) is 0 Å². The maximum absolute atomic E-state index is 12.2. The first-order valence-electron chi connectivity index (χ1n) is 7.84. The summed E-state index contributed by atoms with van der Waals surface area (Å²) in [5.74, 6) is -0.174. The summed E-state index contributed by atoms with van der Waals surface area (Å²) in [5, 5.41) is 10.1. The van der Waals surface area contributed by atoms with Gasteiger partial charge in [0.2, 0.25) is 0 Å². The van der Waals surface area contributed by atoms with Gasteiger partial charge in [0.15, 0.2) is 0 Å². The van der Waals surface area contributed by atoms with E-state index in [0.29, 0.717) is 17.2 Å². The summed E-state index contributed by atoms with van der Waals surface area (Å²) in [7, 11) is 0. The molecule has 0 unspecified atom stereocenters. The second kappa shape index (κ2) is 6.96. The van der Waals surface area contributed by atoms with E-state index in [1.807, 2.05) is 12.3 Å². The summed E-state index contributed by atoms with van der Waals surface area (Å²) < 4.78 is 0. The van der Waals surface area contributed by atoms with E-state index in [0.717, 1.165) is 19.3 Å². The van der Waals surface area contributed by atoms with Crippen molar-refractivity contribution in [3.05, 3.63) is 57.8 Å². The van der Waals surface area contributed by atoms with E-state index >= 15 is 0 Å². The molecule has 1 fully saturated rings. The van der Waals surface area contributed by atoms with Crippen LogP contribution in [0.5, 0.6) is 0 Å². The van der Waals surface area contributed by atoms with Crippen LogP contribution in [0, 0.1) is 0 Å². The van der Waals surface area contributed by atoms with Gasteiger partial charge in [-0.25, -0.2) is 0 Å². The summed E-state index contributed by atoms with van der Waals surface area (Å²) in [5.41, 5.74) is 2.40. The molecule has 0 radical (unpaired) electrons. The molecule has 1 aliphatic rings. The van der Waals surface area contributed by atoms with Crippen molar-refractivity contribution in [3.63, 3.8) is 0 Å². The molecule has 1 heterocycles. The number of amides is 2. The minimum Gasteiger partial charge on any atom is -0.349 e. The predicted octanol–water partition coefficient (Wildman–Crippen LogP) is 3.00. The molecule has 1 atom stereocenters. The monoisotopic (exact) mass is 328 g/mol. The molecule has 2 N–H and O–H groups in total. The van der Waals surface area contributed by atoms with Crippen LogP contribution in [-0.2, 0) is 6.42 Å². The first kappa shape index (κ1) is 15.7. The molecule has 23 heavy (non-hydrogen) atoms. The zero-order valence-electron chi connectivity index (χ0n) is 13.0. The molecular weight excluding hydrogens is 308 g/mol. The second-order valence-electron chi connectivity index (χ2n) is 6.04. The van der Waals surface area contributed by atoms with Crippen LogP contribution in [0.3, 0.4) is 0 Å². The largest absolute Gasteiger partial charge is 0.349 e. The van der Waals surface area contributed by atoms with Crippen molar-refractivity contribution in [2.75, 3.05) is 0 Å². The van der Waals surface area contributed by atoms with Gasteiger partial charge in [0.05, 0.1) is 0 Å². The van der Waals surface area contributed by atoms with E-state index in [1.165, 1.54) is 5.56 Å². The van der Waals surface area contributed by atoms with Gasteiger partial charge in [-0.2, -0.15) is 11.3 Å². The second-order valence-corrected chi connectivity index (χ2v) is 6.82. The SMILES string of the molecule is C[C@H](Cc1ccsc1)NC(=O)c1ccc(C(=O)NC2CC2)cc1. The summed E-state index contributed by atoms with van der Waals surface area (Å²) >= 11 is 1.66. The zero-order valence-corrected chi connectivity index (χ0v) is 13.9. The van der Waals surface area contributed by atoms with Crippen LogP contribution in [-0.4, -0.2) is 23.9 Å². The van der Waals surface area contributed by atoms with Crippen molar-refractivity contribution in [3.8, 4) is 0 Å². The Morgan fingerprint density at radius 2 is 1.78 bits per heavy atom. The van der Waals surface area contributed by atoms with Crippen LogP contribution in [0.25, 0.3) is 0 Å².